The fourth-order valence-corrected chi connectivity index (χ4v) is 1.46. The molecule has 0 atom stereocenters. The summed E-state index contributed by atoms with van der Waals surface area (Å²) in [4.78, 5) is 18.6. The second-order valence-electron chi connectivity index (χ2n) is 3.88. The van der Waals surface area contributed by atoms with E-state index >= 15 is 0 Å². The van der Waals surface area contributed by atoms with Crippen LogP contribution < -0.4 is 10.1 Å². The van der Waals surface area contributed by atoms with E-state index in [0.717, 1.165) is 12.8 Å². The lowest BCUT2D eigenvalue weighted by atomic mass is 10.4. The molecule has 17 heavy (non-hydrogen) atoms. The standard InChI is InChI=1S/C10H14N4O3/c1-3-17-10-8(14(15)16)9(11-6(2)12-10)13-7-4-5-7/h7H,3-5H2,1-2H3,(H,11,12,13). The SMILES string of the molecule is CCOc1nc(C)nc(NC2CC2)c1[N+](=O)[O-]. The lowest BCUT2D eigenvalue weighted by molar-refractivity contribution is -0.385. The Morgan fingerprint density at radius 3 is 2.76 bits per heavy atom. The third kappa shape index (κ3) is 2.61. The summed E-state index contributed by atoms with van der Waals surface area (Å²) in [6, 6.07) is 0.289. The Hall–Kier alpha value is -1.92. The molecule has 0 unspecified atom stereocenters. The Balaban J connectivity index is 2.41. The van der Waals surface area contributed by atoms with Gasteiger partial charge < -0.3 is 10.1 Å². The minimum absolute atomic E-state index is 0.0353. The summed E-state index contributed by atoms with van der Waals surface area (Å²) < 4.78 is 5.19. The van der Waals surface area contributed by atoms with Crippen molar-refractivity contribution in [3.63, 3.8) is 0 Å². The summed E-state index contributed by atoms with van der Waals surface area (Å²) >= 11 is 0. The normalized spacial score (nSPS) is 14.5. The molecule has 1 N–H and O–H groups in total. The van der Waals surface area contributed by atoms with Gasteiger partial charge in [-0.05, 0) is 26.7 Å². The molecule has 1 aliphatic carbocycles. The van der Waals surface area contributed by atoms with E-state index in [1.54, 1.807) is 13.8 Å². The molecule has 0 bridgehead atoms. The number of nitro groups is 1. The van der Waals surface area contributed by atoms with Crippen LogP contribution in [0.15, 0.2) is 0 Å². The molecule has 1 aromatic rings. The minimum atomic E-state index is -0.505. The number of aryl methyl sites for hydroxylation is 1. The van der Waals surface area contributed by atoms with E-state index in [-0.39, 0.29) is 23.4 Å². The second kappa shape index (κ2) is 4.52. The highest BCUT2D eigenvalue weighted by molar-refractivity contribution is 5.62. The molecule has 1 aliphatic rings. The number of nitrogens with zero attached hydrogens (tertiary/aromatic N) is 3. The number of hydrogen-bond donors (Lipinski definition) is 1. The number of aromatic nitrogens is 2. The first-order chi connectivity index (χ1) is 8.11. The molecule has 1 saturated carbocycles. The minimum Gasteiger partial charge on any atom is -0.473 e. The maximum absolute atomic E-state index is 11.0. The van der Waals surface area contributed by atoms with E-state index in [1.165, 1.54) is 0 Å². The van der Waals surface area contributed by atoms with Gasteiger partial charge in [0.1, 0.15) is 5.82 Å². The average molecular weight is 238 g/mol. The zero-order chi connectivity index (χ0) is 12.4. The average Bonchev–Trinajstić information content (AvgIpc) is 3.00. The van der Waals surface area contributed by atoms with Crippen molar-refractivity contribution in [1.29, 1.82) is 0 Å². The predicted molar refractivity (Wildman–Crippen MR) is 61.2 cm³/mol. The predicted octanol–water partition coefficient (Wildman–Crippen LogP) is 1.67. The van der Waals surface area contributed by atoms with Gasteiger partial charge in [0.2, 0.25) is 5.82 Å². The first-order valence-electron chi connectivity index (χ1n) is 5.54. The second-order valence-corrected chi connectivity index (χ2v) is 3.88. The largest absolute Gasteiger partial charge is 0.473 e. The van der Waals surface area contributed by atoms with E-state index in [9.17, 15) is 10.1 Å². The van der Waals surface area contributed by atoms with Crippen LogP contribution in [0.2, 0.25) is 0 Å². The van der Waals surface area contributed by atoms with Gasteiger partial charge in [0, 0.05) is 6.04 Å². The Morgan fingerprint density at radius 2 is 2.24 bits per heavy atom. The first-order valence-corrected chi connectivity index (χ1v) is 5.54. The molecule has 0 aliphatic heterocycles. The van der Waals surface area contributed by atoms with Crippen LogP contribution in [0.1, 0.15) is 25.6 Å². The number of rotatable bonds is 5. The Morgan fingerprint density at radius 1 is 1.53 bits per heavy atom. The molecule has 7 nitrogen and oxygen atoms in total. The van der Waals surface area contributed by atoms with Gasteiger partial charge in [0.15, 0.2) is 0 Å². The molecule has 0 spiro atoms. The highest BCUT2D eigenvalue weighted by Gasteiger charge is 2.30. The zero-order valence-corrected chi connectivity index (χ0v) is 9.77. The molecule has 7 heteroatoms. The lowest BCUT2D eigenvalue weighted by Gasteiger charge is -2.09. The van der Waals surface area contributed by atoms with Crippen molar-refractivity contribution >= 4 is 11.5 Å². The molecule has 0 aromatic carbocycles. The van der Waals surface area contributed by atoms with Gasteiger partial charge in [0.05, 0.1) is 11.5 Å². The van der Waals surface area contributed by atoms with Crippen LogP contribution in [0, 0.1) is 17.0 Å². The van der Waals surface area contributed by atoms with Crippen molar-refractivity contribution in [3.05, 3.63) is 15.9 Å². The molecular formula is C10H14N4O3. The van der Waals surface area contributed by atoms with Crippen LogP contribution >= 0.6 is 0 Å². The number of ether oxygens (including phenoxy) is 1. The van der Waals surface area contributed by atoms with Crippen LogP contribution in [0.3, 0.4) is 0 Å². The van der Waals surface area contributed by atoms with E-state index in [0.29, 0.717) is 12.4 Å². The van der Waals surface area contributed by atoms with Crippen molar-refractivity contribution in [2.45, 2.75) is 32.7 Å². The molecule has 92 valence electrons. The van der Waals surface area contributed by atoms with Crippen molar-refractivity contribution < 1.29 is 9.66 Å². The van der Waals surface area contributed by atoms with Gasteiger partial charge in [-0.2, -0.15) is 4.98 Å². The van der Waals surface area contributed by atoms with Crippen molar-refractivity contribution in [1.82, 2.24) is 9.97 Å². The fourth-order valence-electron chi connectivity index (χ4n) is 1.46. The summed E-state index contributed by atoms with van der Waals surface area (Å²) in [5.74, 6) is 0.754. The monoisotopic (exact) mass is 238 g/mol. The summed E-state index contributed by atoms with van der Waals surface area (Å²) in [6.45, 7) is 3.78. The van der Waals surface area contributed by atoms with Gasteiger partial charge in [0.25, 0.3) is 5.88 Å². The summed E-state index contributed by atoms with van der Waals surface area (Å²) in [7, 11) is 0. The fraction of sp³-hybridized carbons (Fsp3) is 0.600. The van der Waals surface area contributed by atoms with E-state index in [1.807, 2.05) is 0 Å². The zero-order valence-electron chi connectivity index (χ0n) is 9.77. The quantitative estimate of drug-likeness (QED) is 0.619. The van der Waals surface area contributed by atoms with E-state index < -0.39 is 4.92 Å². The van der Waals surface area contributed by atoms with Crippen LogP contribution in [-0.2, 0) is 0 Å². The molecule has 0 saturated heterocycles. The number of hydrogen-bond acceptors (Lipinski definition) is 6. The Labute approximate surface area is 98.4 Å². The van der Waals surface area contributed by atoms with Gasteiger partial charge in [-0.25, -0.2) is 4.98 Å². The van der Waals surface area contributed by atoms with Crippen LogP contribution in [-0.4, -0.2) is 27.5 Å². The molecule has 1 fully saturated rings. The van der Waals surface area contributed by atoms with Gasteiger partial charge in [-0.15, -0.1) is 0 Å². The molecule has 1 heterocycles. The highest BCUT2D eigenvalue weighted by atomic mass is 16.6. The van der Waals surface area contributed by atoms with Crippen LogP contribution in [0.4, 0.5) is 11.5 Å². The summed E-state index contributed by atoms with van der Waals surface area (Å²) in [5.41, 5.74) is -0.177. The van der Waals surface area contributed by atoms with Crippen molar-refractivity contribution in [2.75, 3.05) is 11.9 Å². The van der Waals surface area contributed by atoms with Crippen molar-refractivity contribution in [3.8, 4) is 5.88 Å². The number of anilines is 1. The summed E-state index contributed by atoms with van der Waals surface area (Å²) in [5, 5.41) is 14.1. The van der Waals surface area contributed by atoms with E-state index in [4.69, 9.17) is 4.74 Å². The molecular weight excluding hydrogens is 224 g/mol. The van der Waals surface area contributed by atoms with Gasteiger partial charge >= 0.3 is 5.69 Å². The van der Waals surface area contributed by atoms with E-state index in [2.05, 4.69) is 15.3 Å². The maximum atomic E-state index is 11.0. The number of nitrogens with one attached hydrogen (secondary N) is 1. The molecule has 0 radical (unpaired) electrons. The smallest absolute Gasteiger partial charge is 0.372 e. The third-order valence-corrected chi connectivity index (χ3v) is 2.35. The van der Waals surface area contributed by atoms with Crippen molar-refractivity contribution in [2.24, 2.45) is 0 Å². The lowest BCUT2D eigenvalue weighted by Crippen LogP contribution is -2.10. The van der Waals surface area contributed by atoms with Gasteiger partial charge in [-0.1, -0.05) is 0 Å². The summed E-state index contributed by atoms with van der Waals surface area (Å²) in [6.07, 6.45) is 2.04. The maximum Gasteiger partial charge on any atom is 0.372 e. The molecule has 0 amide bonds. The Kier molecular flexibility index (Phi) is 3.08. The van der Waals surface area contributed by atoms with Gasteiger partial charge in [-0.3, -0.25) is 10.1 Å². The first kappa shape index (κ1) is 11.6. The topological polar surface area (TPSA) is 90.2 Å². The van der Waals surface area contributed by atoms with Crippen LogP contribution in [0.25, 0.3) is 0 Å². The Bertz CT molecular complexity index is 445. The highest BCUT2D eigenvalue weighted by Crippen LogP contribution is 2.35. The molecule has 2 rings (SSSR count). The third-order valence-electron chi connectivity index (χ3n) is 2.35. The molecule has 1 aromatic heterocycles. The van der Waals surface area contributed by atoms with Crippen LogP contribution in [0.5, 0.6) is 5.88 Å².